The SMILES string of the molecule is CCCCCCCCCC/C=C\CCCCCCCCCCCCCCCCCCCCCCCCCCCC(=O)NC(COC1OC(CO)C(OC2OC(CO)C(O)C(O)C2O)C(O)C1O)C(O)CCCCCCCCCCCCCCCCCCCCCCCCCCCCCCCCCCC. The normalized spacial score (nSPS) is 21.4. The largest absolute Gasteiger partial charge is 0.394 e. The molecule has 618 valence electrons. The Morgan fingerprint density at radius 1 is 0.337 bits per heavy atom. The van der Waals surface area contributed by atoms with E-state index in [4.69, 9.17) is 18.9 Å². The summed E-state index contributed by atoms with van der Waals surface area (Å²) in [6.45, 7) is 2.95. The van der Waals surface area contributed by atoms with Crippen LogP contribution in [0.15, 0.2) is 12.2 Å². The molecule has 0 radical (unpaired) electrons. The van der Waals surface area contributed by atoms with E-state index in [1.54, 1.807) is 0 Å². The van der Waals surface area contributed by atoms with Crippen LogP contribution < -0.4 is 5.32 Å². The van der Waals surface area contributed by atoms with Gasteiger partial charge in [-0.25, -0.2) is 0 Å². The van der Waals surface area contributed by atoms with Gasteiger partial charge < -0.3 is 65.1 Å². The quantitative estimate of drug-likeness (QED) is 0.0204. The zero-order valence-corrected chi connectivity index (χ0v) is 68.3. The zero-order valence-electron chi connectivity index (χ0n) is 68.3. The molecular formula is C90H175NO13. The average molecular weight is 1480 g/mol. The number of hydrogen-bond acceptors (Lipinski definition) is 13. The topological polar surface area (TPSA) is 228 Å². The van der Waals surface area contributed by atoms with Crippen molar-refractivity contribution in [1.29, 1.82) is 0 Å². The zero-order chi connectivity index (χ0) is 75.1. The van der Waals surface area contributed by atoms with Gasteiger partial charge in [0.25, 0.3) is 0 Å². The van der Waals surface area contributed by atoms with Crippen molar-refractivity contribution in [2.45, 2.75) is 537 Å². The monoisotopic (exact) mass is 1480 g/mol. The summed E-state index contributed by atoms with van der Waals surface area (Å²) in [5.41, 5.74) is 0. The molecule has 9 N–H and O–H groups in total. The lowest BCUT2D eigenvalue weighted by Gasteiger charge is -2.46. The second-order valence-corrected chi connectivity index (χ2v) is 32.8. The summed E-state index contributed by atoms with van der Waals surface area (Å²) in [7, 11) is 0. The second-order valence-electron chi connectivity index (χ2n) is 32.8. The lowest BCUT2D eigenvalue weighted by molar-refractivity contribution is -0.359. The van der Waals surface area contributed by atoms with Gasteiger partial charge in [-0.05, 0) is 38.5 Å². The van der Waals surface area contributed by atoms with Gasteiger partial charge in [-0.3, -0.25) is 4.79 Å². The molecule has 2 fully saturated rings. The van der Waals surface area contributed by atoms with Gasteiger partial charge in [0.2, 0.25) is 5.91 Å². The molecule has 104 heavy (non-hydrogen) atoms. The number of carbonyl (C=O) groups excluding carboxylic acids is 1. The first kappa shape index (κ1) is 98.8. The van der Waals surface area contributed by atoms with Crippen molar-refractivity contribution >= 4 is 5.91 Å². The Labute approximate surface area is 641 Å². The van der Waals surface area contributed by atoms with Crippen molar-refractivity contribution in [2.75, 3.05) is 19.8 Å². The molecule has 0 aromatic rings. The van der Waals surface area contributed by atoms with E-state index in [1.807, 2.05) is 0 Å². The number of hydrogen-bond donors (Lipinski definition) is 9. The molecule has 0 saturated carbocycles. The first-order valence-electron chi connectivity index (χ1n) is 45.9. The van der Waals surface area contributed by atoms with E-state index in [1.165, 1.54) is 385 Å². The number of ether oxygens (including phenoxy) is 4. The third-order valence-electron chi connectivity index (χ3n) is 23.0. The van der Waals surface area contributed by atoms with Crippen LogP contribution in [0.1, 0.15) is 463 Å². The van der Waals surface area contributed by atoms with Gasteiger partial charge in [0.15, 0.2) is 12.6 Å². The summed E-state index contributed by atoms with van der Waals surface area (Å²) in [4.78, 5) is 13.4. The van der Waals surface area contributed by atoms with E-state index < -0.39 is 86.8 Å². The van der Waals surface area contributed by atoms with Crippen LogP contribution in [0.4, 0.5) is 0 Å². The van der Waals surface area contributed by atoms with E-state index in [0.29, 0.717) is 12.8 Å². The maximum Gasteiger partial charge on any atom is 0.220 e. The molecule has 12 unspecified atom stereocenters. The van der Waals surface area contributed by atoms with E-state index >= 15 is 0 Å². The summed E-state index contributed by atoms with van der Waals surface area (Å²) in [5, 5.41) is 88.1. The van der Waals surface area contributed by atoms with Gasteiger partial charge in [0, 0.05) is 6.42 Å². The lowest BCUT2D eigenvalue weighted by Crippen LogP contribution is -2.65. The molecule has 0 spiro atoms. The number of carbonyl (C=O) groups is 1. The maximum absolute atomic E-state index is 13.4. The molecule has 0 aliphatic carbocycles. The van der Waals surface area contributed by atoms with Crippen molar-refractivity contribution in [2.24, 2.45) is 0 Å². The van der Waals surface area contributed by atoms with Crippen molar-refractivity contribution in [3.63, 3.8) is 0 Å². The summed E-state index contributed by atoms with van der Waals surface area (Å²) in [5.74, 6) is -0.194. The van der Waals surface area contributed by atoms with Crippen LogP contribution >= 0.6 is 0 Å². The van der Waals surface area contributed by atoms with Crippen LogP contribution in [0.5, 0.6) is 0 Å². The standard InChI is InChI=1S/C90H175NO13/c1-3-5-7-9-11-13-15-17-19-21-23-25-27-29-31-33-35-37-38-39-40-42-44-46-48-50-52-54-56-58-60-62-64-66-68-70-72-74-82(95)91-78(77-101-89-87(100)85(98)88(81(76-93)103-89)104-90-86(99)84(97)83(96)80(75-92)102-90)79(94)73-71-69-67-65-63-61-59-57-55-53-51-49-47-45-43-41-36-34-32-30-28-26-24-22-20-18-16-14-12-10-8-6-4-2/h21,23,78-81,83-90,92-94,96-100H,3-20,22,24-77H2,1-2H3,(H,91,95)/b23-21-. The number of nitrogens with one attached hydrogen (secondary N) is 1. The summed E-state index contributed by atoms with van der Waals surface area (Å²) in [6, 6.07) is -0.828. The van der Waals surface area contributed by atoms with Crippen LogP contribution in [0, 0.1) is 0 Å². The first-order chi connectivity index (χ1) is 51.1. The molecule has 2 rings (SSSR count). The molecule has 2 heterocycles. The van der Waals surface area contributed by atoms with E-state index in [0.717, 1.165) is 51.4 Å². The van der Waals surface area contributed by atoms with Crippen LogP contribution in [-0.2, 0) is 23.7 Å². The Hall–Kier alpha value is -1.27. The summed E-state index contributed by atoms with van der Waals surface area (Å²) in [6.07, 6.45) is 80.2. The molecule has 1 amide bonds. The van der Waals surface area contributed by atoms with Gasteiger partial charge in [-0.15, -0.1) is 0 Å². The molecule has 12 atom stereocenters. The van der Waals surface area contributed by atoms with Gasteiger partial charge >= 0.3 is 0 Å². The number of allylic oxidation sites excluding steroid dienone is 2. The van der Waals surface area contributed by atoms with E-state index in [2.05, 4.69) is 31.3 Å². The molecular weight excluding hydrogens is 1300 g/mol. The lowest BCUT2D eigenvalue weighted by atomic mass is 9.97. The van der Waals surface area contributed by atoms with Crippen molar-refractivity contribution < 1.29 is 64.6 Å². The molecule has 2 saturated heterocycles. The smallest absolute Gasteiger partial charge is 0.220 e. The maximum atomic E-state index is 13.4. The fraction of sp³-hybridized carbons (Fsp3) is 0.967. The van der Waals surface area contributed by atoms with E-state index in [-0.39, 0.29) is 12.5 Å². The number of amides is 1. The molecule has 0 aromatic carbocycles. The van der Waals surface area contributed by atoms with Crippen LogP contribution in [0.2, 0.25) is 0 Å². The summed E-state index contributed by atoms with van der Waals surface area (Å²) < 4.78 is 23.0. The Morgan fingerprint density at radius 2 is 0.606 bits per heavy atom. The molecule has 2 aliphatic rings. The third-order valence-corrected chi connectivity index (χ3v) is 23.0. The Morgan fingerprint density at radius 3 is 0.913 bits per heavy atom. The van der Waals surface area contributed by atoms with Gasteiger partial charge in [-0.1, -0.05) is 431 Å². The van der Waals surface area contributed by atoms with Crippen LogP contribution in [0.25, 0.3) is 0 Å². The number of rotatable bonds is 80. The Balaban J connectivity index is 1.54. The first-order valence-corrected chi connectivity index (χ1v) is 45.9. The molecule has 0 aromatic heterocycles. The van der Waals surface area contributed by atoms with Crippen molar-refractivity contribution in [3.05, 3.63) is 12.2 Å². The minimum atomic E-state index is -1.78. The highest BCUT2D eigenvalue weighted by molar-refractivity contribution is 5.76. The van der Waals surface area contributed by atoms with Gasteiger partial charge in [0.1, 0.15) is 48.8 Å². The van der Waals surface area contributed by atoms with Crippen LogP contribution in [-0.4, -0.2) is 140 Å². The minimum Gasteiger partial charge on any atom is -0.394 e. The Kier molecular flexibility index (Phi) is 70.8. The fourth-order valence-electron chi connectivity index (χ4n) is 15.8. The molecule has 14 heteroatoms. The number of aliphatic hydroxyl groups is 8. The van der Waals surface area contributed by atoms with Crippen molar-refractivity contribution in [3.8, 4) is 0 Å². The van der Waals surface area contributed by atoms with Crippen LogP contribution in [0.3, 0.4) is 0 Å². The molecule has 14 nitrogen and oxygen atoms in total. The highest BCUT2D eigenvalue weighted by atomic mass is 16.7. The molecule has 2 aliphatic heterocycles. The van der Waals surface area contributed by atoms with E-state index in [9.17, 15) is 45.6 Å². The highest BCUT2D eigenvalue weighted by Crippen LogP contribution is 2.31. The van der Waals surface area contributed by atoms with Gasteiger partial charge in [-0.2, -0.15) is 0 Å². The average Bonchev–Trinajstić information content (AvgIpc) is 0.790. The Bertz CT molecular complexity index is 1790. The predicted molar refractivity (Wildman–Crippen MR) is 434 cm³/mol. The minimum absolute atomic E-state index is 0.194. The fourth-order valence-corrected chi connectivity index (χ4v) is 15.8. The second kappa shape index (κ2) is 74.5. The number of unbranched alkanes of at least 4 members (excludes halogenated alkanes) is 65. The predicted octanol–water partition coefficient (Wildman–Crippen LogP) is 22.4. The highest BCUT2D eigenvalue weighted by Gasteiger charge is 2.51. The van der Waals surface area contributed by atoms with Gasteiger partial charge in [0.05, 0.1) is 32.0 Å². The number of aliphatic hydroxyl groups excluding tert-OH is 8. The molecule has 0 bridgehead atoms. The summed E-state index contributed by atoms with van der Waals surface area (Å²) >= 11 is 0. The van der Waals surface area contributed by atoms with Crippen molar-refractivity contribution in [1.82, 2.24) is 5.32 Å². The third kappa shape index (κ3) is 56.0.